The summed E-state index contributed by atoms with van der Waals surface area (Å²) in [4.78, 5) is 21.9. The van der Waals surface area contributed by atoms with Crippen molar-refractivity contribution in [1.29, 1.82) is 0 Å². The van der Waals surface area contributed by atoms with Crippen molar-refractivity contribution in [3.05, 3.63) is 12.1 Å². The van der Waals surface area contributed by atoms with Gasteiger partial charge in [0.25, 0.3) is 0 Å². The zero-order chi connectivity index (χ0) is 17.3. The number of hydrogen-bond donors (Lipinski definition) is 1. The van der Waals surface area contributed by atoms with Crippen LogP contribution in [0.25, 0.3) is 10.2 Å². The van der Waals surface area contributed by atoms with Gasteiger partial charge in [-0.3, -0.25) is 9.80 Å². The Balaban J connectivity index is 1.34. The Kier molecular flexibility index (Phi) is 3.16. The lowest BCUT2D eigenvalue weighted by Crippen LogP contribution is -2.51. The van der Waals surface area contributed by atoms with E-state index in [9.17, 15) is 4.79 Å². The van der Waals surface area contributed by atoms with Crippen LogP contribution in [0.15, 0.2) is 12.1 Å². The number of urea groups is 1. The van der Waals surface area contributed by atoms with Gasteiger partial charge in [0.2, 0.25) is 0 Å². The summed E-state index contributed by atoms with van der Waals surface area (Å²) in [6.07, 6.45) is 3.60. The number of nitrogens with zero attached hydrogens (tertiary/aromatic N) is 3. The second-order valence-electron chi connectivity index (χ2n) is 7.44. The molecule has 4 aliphatic rings. The maximum Gasteiger partial charge on any atom is 0.324 e. The van der Waals surface area contributed by atoms with Crippen molar-refractivity contribution in [3.8, 4) is 11.5 Å². The maximum atomic E-state index is 12.7. The smallest absolute Gasteiger partial charge is 0.324 e. The molecule has 7 nitrogen and oxygen atoms in total. The van der Waals surface area contributed by atoms with Crippen molar-refractivity contribution in [2.24, 2.45) is 0 Å². The van der Waals surface area contributed by atoms with Gasteiger partial charge in [0.05, 0.1) is 16.8 Å². The normalized spacial score (nSPS) is 28.3. The number of anilines is 1. The topological polar surface area (TPSA) is 66.9 Å². The Morgan fingerprint density at radius 3 is 2.96 bits per heavy atom. The van der Waals surface area contributed by atoms with Gasteiger partial charge in [0, 0.05) is 19.1 Å². The average molecular weight is 372 g/mol. The molecule has 0 spiro atoms. The minimum absolute atomic E-state index is 0.0252. The van der Waals surface area contributed by atoms with Crippen LogP contribution in [0.3, 0.4) is 0 Å². The summed E-state index contributed by atoms with van der Waals surface area (Å²) >= 11 is 1.55. The summed E-state index contributed by atoms with van der Waals surface area (Å²) in [6, 6.07) is 5.03. The fourth-order valence-electron chi connectivity index (χ4n) is 4.39. The monoisotopic (exact) mass is 372 g/mol. The van der Waals surface area contributed by atoms with Gasteiger partial charge >= 0.3 is 6.03 Å². The average Bonchev–Trinajstić information content (AvgIpc) is 3.33. The number of rotatable bonds is 2. The summed E-state index contributed by atoms with van der Waals surface area (Å²) in [7, 11) is 0. The van der Waals surface area contributed by atoms with Gasteiger partial charge < -0.3 is 14.8 Å². The lowest BCUT2D eigenvalue weighted by Gasteiger charge is -2.36. The maximum absolute atomic E-state index is 12.7. The zero-order valence-corrected chi connectivity index (χ0v) is 15.1. The van der Waals surface area contributed by atoms with Gasteiger partial charge in [-0.2, -0.15) is 0 Å². The summed E-state index contributed by atoms with van der Waals surface area (Å²) in [5, 5.41) is 3.94. The van der Waals surface area contributed by atoms with Crippen molar-refractivity contribution >= 4 is 32.7 Å². The number of hydrogen-bond acceptors (Lipinski definition) is 6. The molecule has 1 N–H and O–H groups in total. The Hall–Kier alpha value is -2.06. The standard InChI is InChI=1S/C18H20N4O3S/c23-17-19-11-9-21(10-1-2-10)6-5-12(11)22(17)18-20-15-14(26-18)4-3-13-16(15)25-8-7-24-13/h3-4,10-12H,1-2,5-9H2,(H,19,23). The second-order valence-corrected chi connectivity index (χ2v) is 8.45. The number of piperidine rings is 1. The third-order valence-corrected chi connectivity index (χ3v) is 6.81. The Morgan fingerprint density at radius 2 is 2.08 bits per heavy atom. The molecule has 136 valence electrons. The minimum atomic E-state index is -0.0252. The molecular formula is C18H20N4O3S. The number of benzene rings is 1. The van der Waals surface area contributed by atoms with Crippen LogP contribution in [0.1, 0.15) is 19.3 Å². The van der Waals surface area contributed by atoms with Gasteiger partial charge in [0.15, 0.2) is 16.6 Å². The molecule has 1 aromatic carbocycles. The number of fused-ring (bicyclic) bond motifs is 4. The quantitative estimate of drug-likeness (QED) is 0.875. The van der Waals surface area contributed by atoms with Crippen molar-refractivity contribution in [2.75, 3.05) is 31.2 Å². The van der Waals surface area contributed by atoms with Crippen molar-refractivity contribution in [1.82, 2.24) is 15.2 Å². The van der Waals surface area contributed by atoms with Crippen LogP contribution in [0.4, 0.5) is 9.93 Å². The molecule has 2 aromatic rings. The molecule has 0 radical (unpaired) electrons. The van der Waals surface area contributed by atoms with Crippen LogP contribution in [-0.2, 0) is 0 Å². The largest absolute Gasteiger partial charge is 0.486 e. The molecular weight excluding hydrogens is 352 g/mol. The fraction of sp³-hybridized carbons (Fsp3) is 0.556. The van der Waals surface area contributed by atoms with E-state index >= 15 is 0 Å². The summed E-state index contributed by atoms with van der Waals surface area (Å²) in [6.45, 7) is 3.11. The van der Waals surface area contributed by atoms with Crippen LogP contribution in [0.5, 0.6) is 11.5 Å². The predicted octanol–water partition coefficient (Wildman–Crippen LogP) is 2.20. The lowest BCUT2D eigenvalue weighted by molar-refractivity contribution is 0.173. The predicted molar refractivity (Wildman–Crippen MR) is 98.4 cm³/mol. The molecule has 1 aromatic heterocycles. The number of likely N-dealkylation sites (tertiary alicyclic amines) is 1. The van der Waals surface area contributed by atoms with Crippen LogP contribution >= 0.6 is 11.3 Å². The molecule has 2 saturated heterocycles. The molecule has 3 fully saturated rings. The van der Waals surface area contributed by atoms with E-state index in [1.807, 2.05) is 17.0 Å². The number of ether oxygens (including phenoxy) is 2. The van der Waals surface area contributed by atoms with E-state index in [4.69, 9.17) is 14.5 Å². The van der Waals surface area contributed by atoms with Crippen molar-refractivity contribution in [2.45, 2.75) is 37.4 Å². The van der Waals surface area contributed by atoms with Crippen molar-refractivity contribution in [3.63, 3.8) is 0 Å². The van der Waals surface area contributed by atoms with E-state index in [0.717, 1.165) is 46.6 Å². The summed E-state index contributed by atoms with van der Waals surface area (Å²) in [5.74, 6) is 1.44. The Labute approximate surface area is 154 Å². The first kappa shape index (κ1) is 15.0. The molecule has 6 rings (SSSR count). The number of carbonyl (C=O) groups excluding carboxylic acids is 1. The third kappa shape index (κ3) is 2.21. The number of carbonyl (C=O) groups is 1. The number of thiazole rings is 1. The highest BCUT2D eigenvalue weighted by molar-refractivity contribution is 7.22. The molecule has 26 heavy (non-hydrogen) atoms. The second kappa shape index (κ2) is 5.47. The highest BCUT2D eigenvalue weighted by Crippen LogP contribution is 2.43. The first-order valence-corrected chi connectivity index (χ1v) is 10.1. The molecule has 1 saturated carbocycles. The molecule has 4 heterocycles. The zero-order valence-electron chi connectivity index (χ0n) is 14.3. The molecule has 3 aliphatic heterocycles. The van der Waals surface area contributed by atoms with E-state index in [1.54, 1.807) is 11.3 Å². The van der Waals surface area contributed by atoms with E-state index < -0.39 is 0 Å². The minimum Gasteiger partial charge on any atom is -0.486 e. The van der Waals surface area contributed by atoms with Gasteiger partial charge in [-0.15, -0.1) is 0 Å². The fourth-order valence-corrected chi connectivity index (χ4v) is 5.41. The molecule has 0 bridgehead atoms. The van der Waals surface area contributed by atoms with Crippen molar-refractivity contribution < 1.29 is 14.3 Å². The van der Waals surface area contributed by atoms with Crippen LogP contribution in [0, 0.1) is 0 Å². The van der Waals surface area contributed by atoms with Gasteiger partial charge in [0.1, 0.15) is 18.7 Å². The molecule has 1 aliphatic carbocycles. The molecule has 2 atom stereocenters. The van der Waals surface area contributed by atoms with Gasteiger partial charge in [-0.1, -0.05) is 11.3 Å². The number of amides is 2. The van der Waals surface area contributed by atoms with E-state index in [-0.39, 0.29) is 18.1 Å². The van der Waals surface area contributed by atoms with Gasteiger partial charge in [-0.25, -0.2) is 9.78 Å². The highest BCUT2D eigenvalue weighted by atomic mass is 32.1. The van der Waals surface area contributed by atoms with E-state index in [2.05, 4.69) is 10.2 Å². The van der Waals surface area contributed by atoms with E-state index in [0.29, 0.717) is 19.0 Å². The molecule has 8 heteroatoms. The Bertz CT molecular complexity index is 896. The number of nitrogens with one attached hydrogen (secondary N) is 1. The summed E-state index contributed by atoms with van der Waals surface area (Å²) < 4.78 is 12.5. The summed E-state index contributed by atoms with van der Waals surface area (Å²) in [5.41, 5.74) is 0.800. The van der Waals surface area contributed by atoms with Crippen LogP contribution in [0.2, 0.25) is 0 Å². The van der Waals surface area contributed by atoms with Gasteiger partial charge in [-0.05, 0) is 31.4 Å². The van der Waals surface area contributed by atoms with E-state index in [1.165, 1.54) is 12.8 Å². The first-order valence-electron chi connectivity index (χ1n) is 9.31. The van der Waals surface area contributed by atoms with Crippen LogP contribution < -0.4 is 19.7 Å². The highest BCUT2D eigenvalue weighted by Gasteiger charge is 2.46. The first-order chi connectivity index (χ1) is 12.8. The molecule has 2 unspecified atom stereocenters. The SMILES string of the molecule is O=C1NC2CN(C3CC3)CCC2N1c1nc2c3c(ccc2s1)OCCO3. The molecule has 2 amide bonds. The number of aromatic nitrogens is 1. The Morgan fingerprint density at radius 1 is 1.19 bits per heavy atom. The third-order valence-electron chi connectivity index (χ3n) is 5.79. The lowest BCUT2D eigenvalue weighted by atomic mass is 10.00. The van der Waals surface area contributed by atoms with Crippen LogP contribution in [-0.4, -0.2) is 60.3 Å².